The van der Waals surface area contributed by atoms with E-state index in [1.165, 1.54) is 6.07 Å². The van der Waals surface area contributed by atoms with Gasteiger partial charge in [0.2, 0.25) is 0 Å². The Morgan fingerprint density at radius 3 is 2.67 bits per heavy atom. The first-order valence-electron chi connectivity index (χ1n) is 7.82. The summed E-state index contributed by atoms with van der Waals surface area (Å²) in [6.07, 6.45) is 0.526. The predicted molar refractivity (Wildman–Crippen MR) is 92.4 cm³/mol. The van der Waals surface area contributed by atoms with Gasteiger partial charge in [-0.1, -0.05) is 0 Å². The molecule has 2 aromatic rings. The van der Waals surface area contributed by atoms with Crippen LogP contribution in [-0.2, 0) is 4.79 Å². The Labute approximate surface area is 139 Å². The standard InChI is InChI=1S/C17H21N3O4/c1-3-20(4-2)13-6-5-11-7-14(17(23)24-15(11)8-13)16(22)19-9-12(18)10-21/h5-8,10,12H,3-4,9,18H2,1-2H3,(H,19,22). The quantitative estimate of drug-likeness (QED) is 0.577. The van der Waals surface area contributed by atoms with Crippen LogP contribution >= 0.6 is 0 Å². The zero-order valence-corrected chi connectivity index (χ0v) is 13.7. The highest BCUT2D eigenvalue weighted by atomic mass is 16.4. The molecule has 24 heavy (non-hydrogen) atoms. The van der Waals surface area contributed by atoms with Crippen molar-refractivity contribution in [3.8, 4) is 0 Å². The Balaban J connectivity index is 2.33. The molecule has 1 aromatic carbocycles. The smallest absolute Gasteiger partial charge is 0.349 e. The molecule has 3 N–H and O–H groups in total. The first-order chi connectivity index (χ1) is 11.5. The summed E-state index contributed by atoms with van der Waals surface area (Å²) in [5.41, 5.74) is 5.94. The number of nitrogens with one attached hydrogen (secondary N) is 1. The third-order valence-electron chi connectivity index (χ3n) is 3.77. The van der Waals surface area contributed by atoms with Crippen LogP contribution in [0.4, 0.5) is 5.69 Å². The lowest BCUT2D eigenvalue weighted by Crippen LogP contribution is -2.39. The molecular weight excluding hydrogens is 310 g/mol. The molecule has 128 valence electrons. The number of fused-ring (bicyclic) bond motifs is 1. The number of hydrogen-bond donors (Lipinski definition) is 2. The number of anilines is 1. The van der Waals surface area contributed by atoms with Crippen LogP contribution in [0.3, 0.4) is 0 Å². The fraction of sp³-hybridized carbons (Fsp3) is 0.353. The van der Waals surface area contributed by atoms with E-state index in [9.17, 15) is 14.4 Å². The molecule has 1 atom stereocenters. The number of benzene rings is 1. The molecule has 0 fully saturated rings. The third kappa shape index (κ3) is 3.80. The van der Waals surface area contributed by atoms with Crippen molar-refractivity contribution >= 4 is 28.8 Å². The number of nitrogens with zero attached hydrogens (tertiary/aromatic N) is 1. The van der Waals surface area contributed by atoms with Gasteiger partial charge >= 0.3 is 5.63 Å². The second-order valence-corrected chi connectivity index (χ2v) is 5.35. The van der Waals surface area contributed by atoms with E-state index in [2.05, 4.69) is 10.2 Å². The lowest BCUT2D eigenvalue weighted by atomic mass is 10.1. The van der Waals surface area contributed by atoms with Gasteiger partial charge in [-0.3, -0.25) is 4.79 Å². The molecule has 0 aliphatic carbocycles. The monoisotopic (exact) mass is 331 g/mol. The van der Waals surface area contributed by atoms with Gasteiger partial charge in [-0.25, -0.2) is 4.79 Å². The van der Waals surface area contributed by atoms with E-state index in [0.717, 1.165) is 18.8 Å². The summed E-state index contributed by atoms with van der Waals surface area (Å²) in [6.45, 7) is 5.72. The van der Waals surface area contributed by atoms with Crippen molar-refractivity contribution in [1.82, 2.24) is 5.32 Å². The number of hydrogen-bond acceptors (Lipinski definition) is 6. The molecule has 7 nitrogen and oxygen atoms in total. The zero-order chi connectivity index (χ0) is 17.7. The van der Waals surface area contributed by atoms with E-state index in [1.54, 1.807) is 12.1 Å². The van der Waals surface area contributed by atoms with Crippen LogP contribution in [0.5, 0.6) is 0 Å². The summed E-state index contributed by atoms with van der Waals surface area (Å²) in [6, 6.07) is 6.18. The Kier molecular flexibility index (Phi) is 5.70. The van der Waals surface area contributed by atoms with Gasteiger partial charge in [-0.15, -0.1) is 0 Å². The predicted octanol–water partition coefficient (Wildman–Crippen LogP) is 0.895. The molecule has 0 aliphatic rings. The molecule has 1 aromatic heterocycles. The van der Waals surface area contributed by atoms with Crippen molar-refractivity contribution in [3.63, 3.8) is 0 Å². The van der Waals surface area contributed by atoms with E-state index >= 15 is 0 Å². The highest BCUT2D eigenvalue weighted by Crippen LogP contribution is 2.21. The maximum absolute atomic E-state index is 12.1. The number of nitrogens with two attached hydrogens (primary N) is 1. The average molecular weight is 331 g/mol. The molecule has 1 heterocycles. The number of aldehydes is 1. The van der Waals surface area contributed by atoms with Gasteiger partial charge in [0, 0.05) is 36.8 Å². The molecule has 1 unspecified atom stereocenters. The van der Waals surface area contributed by atoms with Gasteiger partial charge < -0.3 is 25.2 Å². The van der Waals surface area contributed by atoms with Crippen LogP contribution in [-0.4, -0.2) is 37.9 Å². The van der Waals surface area contributed by atoms with Gasteiger partial charge in [0.15, 0.2) is 0 Å². The maximum atomic E-state index is 12.1. The molecule has 0 saturated heterocycles. The van der Waals surface area contributed by atoms with Gasteiger partial charge in [0.05, 0.1) is 6.04 Å². The second kappa shape index (κ2) is 7.74. The zero-order valence-electron chi connectivity index (χ0n) is 13.7. The largest absolute Gasteiger partial charge is 0.422 e. The van der Waals surface area contributed by atoms with Crippen LogP contribution in [0.2, 0.25) is 0 Å². The summed E-state index contributed by atoms with van der Waals surface area (Å²) < 4.78 is 5.28. The minimum atomic E-state index is -0.807. The summed E-state index contributed by atoms with van der Waals surface area (Å²) in [5, 5.41) is 3.09. The average Bonchev–Trinajstić information content (AvgIpc) is 2.59. The number of carbonyl (C=O) groups excluding carboxylic acids is 2. The molecule has 2 rings (SSSR count). The molecule has 0 saturated carbocycles. The van der Waals surface area contributed by atoms with Crippen molar-refractivity contribution in [3.05, 3.63) is 40.2 Å². The Hall–Kier alpha value is -2.67. The van der Waals surface area contributed by atoms with Gasteiger partial charge in [-0.2, -0.15) is 0 Å². The van der Waals surface area contributed by atoms with E-state index in [0.29, 0.717) is 17.3 Å². The van der Waals surface area contributed by atoms with E-state index in [1.807, 2.05) is 19.9 Å². The van der Waals surface area contributed by atoms with Gasteiger partial charge in [0.25, 0.3) is 5.91 Å². The summed E-state index contributed by atoms with van der Waals surface area (Å²) in [5.74, 6) is -0.615. The molecular formula is C17H21N3O4. The molecule has 7 heteroatoms. The van der Waals surface area contributed by atoms with E-state index in [-0.39, 0.29) is 12.1 Å². The van der Waals surface area contributed by atoms with E-state index < -0.39 is 17.6 Å². The third-order valence-corrected chi connectivity index (χ3v) is 3.77. The number of carbonyl (C=O) groups is 2. The number of rotatable bonds is 7. The summed E-state index contributed by atoms with van der Waals surface area (Å²) in [7, 11) is 0. The molecule has 0 aliphatic heterocycles. The van der Waals surface area contributed by atoms with Gasteiger partial charge in [-0.05, 0) is 32.0 Å². The van der Waals surface area contributed by atoms with Crippen LogP contribution < -0.4 is 21.6 Å². The van der Waals surface area contributed by atoms with Crippen molar-refractivity contribution in [2.45, 2.75) is 19.9 Å². The topological polar surface area (TPSA) is 106 Å². The highest BCUT2D eigenvalue weighted by Gasteiger charge is 2.15. The van der Waals surface area contributed by atoms with Crippen LogP contribution in [0.25, 0.3) is 11.0 Å². The van der Waals surface area contributed by atoms with Crippen LogP contribution in [0.1, 0.15) is 24.2 Å². The Morgan fingerprint density at radius 2 is 2.04 bits per heavy atom. The van der Waals surface area contributed by atoms with Crippen LogP contribution in [0, 0.1) is 0 Å². The SMILES string of the molecule is CCN(CC)c1ccc2cc(C(=O)NCC(N)C=O)c(=O)oc2c1. The first-order valence-corrected chi connectivity index (χ1v) is 7.82. The van der Waals surface area contributed by atoms with Crippen molar-refractivity contribution in [2.24, 2.45) is 5.73 Å². The minimum Gasteiger partial charge on any atom is -0.422 e. The fourth-order valence-electron chi connectivity index (χ4n) is 2.40. The second-order valence-electron chi connectivity index (χ2n) is 5.35. The maximum Gasteiger partial charge on any atom is 0.349 e. The number of amides is 1. The van der Waals surface area contributed by atoms with Crippen molar-refractivity contribution in [1.29, 1.82) is 0 Å². The van der Waals surface area contributed by atoms with Crippen molar-refractivity contribution in [2.75, 3.05) is 24.5 Å². The molecule has 1 amide bonds. The molecule has 0 bridgehead atoms. The Morgan fingerprint density at radius 1 is 1.33 bits per heavy atom. The summed E-state index contributed by atoms with van der Waals surface area (Å²) >= 11 is 0. The first kappa shape index (κ1) is 17.7. The lowest BCUT2D eigenvalue weighted by molar-refractivity contribution is -0.108. The van der Waals surface area contributed by atoms with Crippen molar-refractivity contribution < 1.29 is 14.0 Å². The minimum absolute atomic E-state index is 0.0410. The highest BCUT2D eigenvalue weighted by molar-refractivity contribution is 5.97. The van der Waals surface area contributed by atoms with Gasteiger partial charge in [0.1, 0.15) is 17.4 Å². The summed E-state index contributed by atoms with van der Waals surface area (Å²) in [4.78, 5) is 36.7. The normalized spacial score (nSPS) is 12.0. The fourth-order valence-corrected chi connectivity index (χ4v) is 2.40. The lowest BCUT2D eigenvalue weighted by Gasteiger charge is -2.21. The Bertz CT molecular complexity index is 796. The van der Waals surface area contributed by atoms with E-state index in [4.69, 9.17) is 10.2 Å². The molecule has 0 radical (unpaired) electrons. The van der Waals surface area contributed by atoms with Crippen LogP contribution in [0.15, 0.2) is 33.5 Å². The molecule has 0 spiro atoms.